The first-order valence-corrected chi connectivity index (χ1v) is 12.7. The smallest absolute Gasteiger partial charge is 0.295 e. The summed E-state index contributed by atoms with van der Waals surface area (Å²) in [4.78, 5) is 53.3. The van der Waals surface area contributed by atoms with Crippen LogP contribution in [0.5, 0.6) is 0 Å². The summed E-state index contributed by atoms with van der Waals surface area (Å²) < 4.78 is 3.23. The van der Waals surface area contributed by atoms with Crippen molar-refractivity contribution < 1.29 is 14.4 Å². The van der Waals surface area contributed by atoms with Crippen molar-refractivity contribution in [2.75, 3.05) is 16.0 Å². The predicted octanol–water partition coefficient (Wildman–Crippen LogP) is 3.67. The minimum atomic E-state index is -0.295. The second-order valence-corrected chi connectivity index (χ2v) is 9.98. The highest BCUT2D eigenvalue weighted by molar-refractivity contribution is 8.00. The number of para-hydroxylation sites is 1. The topological polar surface area (TPSA) is 93.4 Å². The molecule has 5 rings (SSSR count). The number of imide groups is 1. The first-order chi connectivity index (χ1) is 17.4. The number of amides is 3. The molecule has 2 heterocycles. The van der Waals surface area contributed by atoms with Gasteiger partial charge in [0.1, 0.15) is 5.69 Å². The molecule has 1 N–H and O–H groups in total. The zero-order valence-corrected chi connectivity index (χ0v) is 20.8. The number of thioether (sulfide) groups is 1. The lowest BCUT2D eigenvalue weighted by molar-refractivity contribution is -0.122. The fraction of sp³-hybridized carbons (Fsp3) is 0.259. The van der Waals surface area contributed by atoms with Gasteiger partial charge in [0, 0.05) is 11.9 Å². The highest BCUT2D eigenvalue weighted by Crippen LogP contribution is 2.38. The van der Waals surface area contributed by atoms with Gasteiger partial charge in [-0.25, -0.2) is 4.68 Å². The van der Waals surface area contributed by atoms with Crippen LogP contribution in [0.4, 0.5) is 11.4 Å². The highest BCUT2D eigenvalue weighted by Gasteiger charge is 2.47. The molecule has 0 radical (unpaired) electrons. The van der Waals surface area contributed by atoms with E-state index in [0.717, 1.165) is 4.90 Å². The maximum Gasteiger partial charge on any atom is 0.295 e. The Morgan fingerprint density at radius 3 is 2.14 bits per heavy atom. The van der Waals surface area contributed by atoms with Crippen molar-refractivity contribution in [3.63, 3.8) is 0 Å². The van der Waals surface area contributed by atoms with Crippen molar-refractivity contribution >= 4 is 40.9 Å². The molecule has 2 aromatic carbocycles. The van der Waals surface area contributed by atoms with Gasteiger partial charge >= 0.3 is 0 Å². The van der Waals surface area contributed by atoms with Crippen LogP contribution in [0.2, 0.25) is 0 Å². The van der Waals surface area contributed by atoms with Crippen LogP contribution in [-0.2, 0) is 21.4 Å². The van der Waals surface area contributed by atoms with Crippen LogP contribution >= 0.6 is 11.8 Å². The molecule has 0 bridgehead atoms. The molecule has 2 atom stereocenters. The number of anilines is 2. The second-order valence-electron chi connectivity index (χ2n) is 8.93. The number of allylic oxidation sites excluding steroid dienone is 2. The Hall–Kier alpha value is -3.85. The summed E-state index contributed by atoms with van der Waals surface area (Å²) in [5, 5.41) is 2.76. The molecule has 1 aliphatic heterocycles. The Balaban J connectivity index is 1.24. The van der Waals surface area contributed by atoms with Crippen LogP contribution < -0.4 is 15.8 Å². The van der Waals surface area contributed by atoms with Gasteiger partial charge in [-0.1, -0.05) is 30.4 Å². The maximum atomic E-state index is 13.0. The number of carbonyl (C=O) groups excluding carboxylic acids is 3. The van der Waals surface area contributed by atoms with Crippen molar-refractivity contribution in [2.45, 2.75) is 24.7 Å². The van der Waals surface area contributed by atoms with E-state index in [0.29, 0.717) is 29.9 Å². The number of aromatic nitrogens is 2. The van der Waals surface area contributed by atoms with E-state index in [1.165, 1.54) is 21.3 Å². The predicted molar refractivity (Wildman–Crippen MR) is 139 cm³/mol. The van der Waals surface area contributed by atoms with Gasteiger partial charge in [-0.05, 0) is 56.2 Å². The fourth-order valence-corrected chi connectivity index (χ4v) is 5.48. The summed E-state index contributed by atoms with van der Waals surface area (Å²) in [6.07, 6.45) is 5.14. The molecular weight excluding hydrogens is 476 g/mol. The average molecular weight is 503 g/mol. The summed E-state index contributed by atoms with van der Waals surface area (Å²) in [5.74, 6) is -1.02. The largest absolute Gasteiger partial charge is 0.319 e. The zero-order chi connectivity index (χ0) is 25.4. The Morgan fingerprint density at radius 2 is 1.53 bits per heavy atom. The third-order valence-electron chi connectivity index (χ3n) is 6.79. The van der Waals surface area contributed by atoms with Gasteiger partial charge < -0.3 is 5.32 Å². The van der Waals surface area contributed by atoms with Crippen molar-refractivity contribution in [1.29, 1.82) is 0 Å². The molecule has 1 saturated heterocycles. The second kappa shape index (κ2) is 9.66. The molecule has 2 aliphatic rings. The van der Waals surface area contributed by atoms with E-state index in [4.69, 9.17) is 0 Å². The van der Waals surface area contributed by atoms with Crippen molar-refractivity contribution in [3.05, 3.63) is 82.8 Å². The number of nitrogens with zero attached hydrogens (tertiary/aromatic N) is 3. The third-order valence-corrected chi connectivity index (χ3v) is 7.80. The van der Waals surface area contributed by atoms with Crippen LogP contribution in [0.1, 0.15) is 18.5 Å². The van der Waals surface area contributed by atoms with E-state index in [9.17, 15) is 19.2 Å². The van der Waals surface area contributed by atoms with Crippen molar-refractivity contribution in [2.24, 2.45) is 18.9 Å². The monoisotopic (exact) mass is 502 g/mol. The number of hydrogen-bond donors (Lipinski definition) is 1. The quantitative estimate of drug-likeness (QED) is 0.315. The number of rotatable bonds is 6. The standard InChI is InChI=1S/C27H26N4O4S/c1-17-24(27(35)31(29(17)2)19-8-4-3-5-9-19)28-23(32)16-36-20-14-12-18(13-15-20)30-25(33)21-10-6-7-11-22(21)26(30)34/h3-9,12-15,21-22H,10-11,16H2,1-2H3,(H,28,32)/t21-,22-/m1/s1. The number of hydrogen-bond acceptors (Lipinski definition) is 5. The highest BCUT2D eigenvalue weighted by atomic mass is 32.2. The molecule has 1 fully saturated rings. The average Bonchev–Trinajstić information content (AvgIpc) is 3.27. The van der Waals surface area contributed by atoms with E-state index < -0.39 is 0 Å². The molecule has 8 nitrogen and oxygen atoms in total. The maximum absolute atomic E-state index is 13.0. The van der Waals surface area contributed by atoms with E-state index in [2.05, 4.69) is 5.32 Å². The van der Waals surface area contributed by atoms with Gasteiger partial charge in [-0.2, -0.15) is 0 Å². The lowest BCUT2D eigenvalue weighted by Crippen LogP contribution is -2.30. The Kier molecular flexibility index (Phi) is 6.40. The van der Waals surface area contributed by atoms with E-state index in [1.54, 1.807) is 42.9 Å². The number of carbonyl (C=O) groups is 3. The molecule has 0 saturated carbocycles. The van der Waals surface area contributed by atoms with Gasteiger partial charge in [0.05, 0.1) is 34.7 Å². The Morgan fingerprint density at radius 1 is 0.917 bits per heavy atom. The van der Waals surface area contributed by atoms with Crippen LogP contribution in [0.25, 0.3) is 5.69 Å². The minimum Gasteiger partial charge on any atom is -0.319 e. The van der Waals surface area contributed by atoms with Crippen LogP contribution in [0, 0.1) is 18.8 Å². The fourth-order valence-electron chi connectivity index (χ4n) is 4.78. The molecule has 184 valence electrons. The van der Waals surface area contributed by atoms with Crippen molar-refractivity contribution in [3.8, 4) is 5.69 Å². The van der Waals surface area contributed by atoms with E-state index >= 15 is 0 Å². The first kappa shape index (κ1) is 23.9. The summed E-state index contributed by atoms with van der Waals surface area (Å²) in [7, 11) is 1.77. The minimum absolute atomic E-state index is 0.107. The summed E-state index contributed by atoms with van der Waals surface area (Å²) in [6.45, 7) is 1.79. The molecule has 3 aromatic rings. The van der Waals surface area contributed by atoms with Gasteiger partial charge in [0.2, 0.25) is 17.7 Å². The van der Waals surface area contributed by atoms with E-state index in [-0.39, 0.29) is 46.6 Å². The van der Waals surface area contributed by atoms with Gasteiger partial charge in [0.25, 0.3) is 5.56 Å². The lowest BCUT2D eigenvalue weighted by Gasteiger charge is -2.15. The molecule has 3 amide bonds. The number of benzene rings is 2. The molecule has 36 heavy (non-hydrogen) atoms. The number of nitrogens with one attached hydrogen (secondary N) is 1. The molecule has 1 aliphatic carbocycles. The first-order valence-electron chi connectivity index (χ1n) is 11.8. The van der Waals surface area contributed by atoms with E-state index in [1.807, 2.05) is 42.5 Å². The summed E-state index contributed by atoms with van der Waals surface area (Å²) in [5.41, 5.74) is 1.88. The summed E-state index contributed by atoms with van der Waals surface area (Å²) >= 11 is 1.31. The third kappa shape index (κ3) is 4.19. The van der Waals surface area contributed by atoms with Gasteiger partial charge in [0.15, 0.2) is 0 Å². The number of fused-ring (bicyclic) bond motifs is 1. The van der Waals surface area contributed by atoms with Crippen LogP contribution in [0.3, 0.4) is 0 Å². The SMILES string of the molecule is Cc1c(NC(=O)CSc2ccc(N3C(=O)[C@@H]4CC=CC[C@H]4C3=O)cc2)c(=O)n(-c2ccccc2)n1C. The molecule has 9 heteroatoms. The normalized spacial score (nSPS) is 19.0. The lowest BCUT2D eigenvalue weighted by atomic mass is 9.85. The van der Waals surface area contributed by atoms with Crippen LogP contribution in [-0.4, -0.2) is 32.8 Å². The Bertz CT molecular complexity index is 1400. The van der Waals surface area contributed by atoms with Crippen molar-refractivity contribution in [1.82, 2.24) is 9.36 Å². The Labute approximate surface area is 212 Å². The molecule has 1 aromatic heterocycles. The zero-order valence-electron chi connectivity index (χ0n) is 20.0. The summed E-state index contributed by atoms with van der Waals surface area (Å²) in [6, 6.07) is 16.3. The molecule has 0 spiro atoms. The van der Waals surface area contributed by atoms with Gasteiger partial charge in [-0.15, -0.1) is 11.8 Å². The molecule has 0 unspecified atom stereocenters. The van der Waals surface area contributed by atoms with Crippen LogP contribution in [0.15, 0.2) is 76.4 Å². The van der Waals surface area contributed by atoms with Gasteiger partial charge in [-0.3, -0.25) is 28.8 Å². The molecular formula is C27H26N4O4S.